The van der Waals surface area contributed by atoms with Crippen molar-refractivity contribution in [2.45, 2.75) is 103 Å². The van der Waals surface area contributed by atoms with E-state index < -0.39 is 11.5 Å². The van der Waals surface area contributed by atoms with E-state index in [2.05, 4.69) is 6.92 Å². The number of hydrogen-bond acceptors (Lipinski definition) is 2. The van der Waals surface area contributed by atoms with Crippen LogP contribution >= 0.6 is 0 Å². The van der Waals surface area contributed by atoms with Crippen LogP contribution in [-0.4, -0.2) is 16.6 Å². The average molecular weight is 285 g/mol. The number of rotatable bonds is 14. The van der Waals surface area contributed by atoms with Crippen LogP contribution in [0, 0.1) is 0 Å². The van der Waals surface area contributed by atoms with Gasteiger partial charge in [-0.1, -0.05) is 84.0 Å². The van der Waals surface area contributed by atoms with Crippen molar-refractivity contribution in [3.63, 3.8) is 0 Å². The molecule has 0 aromatic carbocycles. The number of nitrogens with two attached hydrogens (primary N) is 1. The Balaban J connectivity index is 3.19. The summed E-state index contributed by atoms with van der Waals surface area (Å²) in [5.41, 5.74) is 4.65. The van der Waals surface area contributed by atoms with E-state index in [0.29, 0.717) is 6.42 Å². The first kappa shape index (κ1) is 19.4. The zero-order valence-corrected chi connectivity index (χ0v) is 13.6. The van der Waals surface area contributed by atoms with E-state index in [1.807, 2.05) is 0 Å². The molecule has 3 nitrogen and oxygen atoms in total. The van der Waals surface area contributed by atoms with Gasteiger partial charge in [0.15, 0.2) is 0 Å². The molecule has 0 rings (SSSR count). The molecule has 0 aromatic rings. The number of carbonyl (C=O) groups is 1. The van der Waals surface area contributed by atoms with Crippen LogP contribution in [-0.2, 0) is 4.79 Å². The van der Waals surface area contributed by atoms with Gasteiger partial charge in [-0.25, -0.2) is 0 Å². The summed E-state index contributed by atoms with van der Waals surface area (Å²) in [7, 11) is 0. The van der Waals surface area contributed by atoms with Gasteiger partial charge in [0, 0.05) is 0 Å². The summed E-state index contributed by atoms with van der Waals surface area (Å²) < 4.78 is 0. The molecule has 3 N–H and O–H groups in total. The number of carboxylic acid groups (broad SMARTS) is 1. The highest BCUT2D eigenvalue weighted by Gasteiger charge is 2.26. The Morgan fingerprint density at radius 1 is 0.850 bits per heavy atom. The summed E-state index contributed by atoms with van der Waals surface area (Å²) in [5.74, 6) is -0.888. The summed E-state index contributed by atoms with van der Waals surface area (Å²) in [6.45, 7) is 3.86. The summed E-state index contributed by atoms with van der Waals surface area (Å²) in [6, 6.07) is 0. The molecular weight excluding hydrogens is 250 g/mol. The van der Waals surface area contributed by atoms with Crippen molar-refractivity contribution in [2.75, 3.05) is 0 Å². The number of unbranched alkanes of at least 4 members (excludes halogenated alkanes) is 11. The maximum absolute atomic E-state index is 10.8. The molecule has 0 amide bonds. The molecule has 0 bridgehead atoms. The number of aliphatic carboxylic acids is 1. The fourth-order valence-electron chi connectivity index (χ4n) is 2.44. The van der Waals surface area contributed by atoms with Gasteiger partial charge < -0.3 is 10.8 Å². The maximum Gasteiger partial charge on any atom is 0.323 e. The highest BCUT2D eigenvalue weighted by atomic mass is 16.4. The van der Waals surface area contributed by atoms with Crippen molar-refractivity contribution in [3.8, 4) is 0 Å². The van der Waals surface area contributed by atoms with Crippen LogP contribution in [0.15, 0.2) is 0 Å². The average Bonchev–Trinajstić information content (AvgIpc) is 2.39. The Morgan fingerprint density at radius 3 is 1.55 bits per heavy atom. The molecule has 3 heteroatoms. The lowest BCUT2D eigenvalue weighted by Gasteiger charge is -2.18. The van der Waals surface area contributed by atoms with Crippen molar-refractivity contribution in [3.05, 3.63) is 0 Å². The van der Waals surface area contributed by atoms with Gasteiger partial charge >= 0.3 is 5.97 Å². The summed E-state index contributed by atoms with van der Waals surface area (Å²) in [6.07, 6.45) is 16.1. The predicted octanol–water partition coefficient (Wildman–Crippen LogP) is 4.88. The fraction of sp³-hybridized carbons (Fsp3) is 0.941. The maximum atomic E-state index is 10.8. The van der Waals surface area contributed by atoms with E-state index in [-0.39, 0.29) is 0 Å². The predicted molar refractivity (Wildman–Crippen MR) is 85.9 cm³/mol. The van der Waals surface area contributed by atoms with Gasteiger partial charge in [-0.05, 0) is 13.3 Å². The smallest absolute Gasteiger partial charge is 0.323 e. The van der Waals surface area contributed by atoms with Crippen molar-refractivity contribution in [1.29, 1.82) is 0 Å². The van der Waals surface area contributed by atoms with Crippen LogP contribution in [0.2, 0.25) is 0 Å². The lowest BCUT2D eigenvalue weighted by atomic mass is 9.95. The quantitative estimate of drug-likeness (QED) is 0.447. The molecule has 0 fully saturated rings. The van der Waals surface area contributed by atoms with Crippen LogP contribution in [0.5, 0.6) is 0 Å². The first-order valence-corrected chi connectivity index (χ1v) is 8.53. The molecule has 0 unspecified atom stereocenters. The Hall–Kier alpha value is -0.570. The normalized spacial score (nSPS) is 14.2. The fourth-order valence-corrected chi connectivity index (χ4v) is 2.44. The highest BCUT2D eigenvalue weighted by molar-refractivity contribution is 5.77. The SMILES string of the molecule is CCCCCCCCCCCCCC[C@@](C)(N)C(=O)O. The Bertz CT molecular complexity index is 239. The van der Waals surface area contributed by atoms with Crippen LogP contribution in [0.3, 0.4) is 0 Å². The van der Waals surface area contributed by atoms with E-state index >= 15 is 0 Å². The molecular formula is C17H35NO2. The van der Waals surface area contributed by atoms with E-state index in [9.17, 15) is 4.79 Å². The third kappa shape index (κ3) is 11.3. The molecule has 120 valence electrons. The number of carboxylic acids is 1. The van der Waals surface area contributed by atoms with Crippen molar-refractivity contribution in [1.82, 2.24) is 0 Å². The molecule has 0 aromatic heterocycles. The molecule has 20 heavy (non-hydrogen) atoms. The van der Waals surface area contributed by atoms with Gasteiger partial charge in [0.1, 0.15) is 5.54 Å². The second-order valence-corrected chi connectivity index (χ2v) is 6.36. The monoisotopic (exact) mass is 285 g/mol. The molecule has 0 radical (unpaired) electrons. The summed E-state index contributed by atoms with van der Waals surface area (Å²) in [4.78, 5) is 10.8. The van der Waals surface area contributed by atoms with Gasteiger partial charge in [0.25, 0.3) is 0 Å². The topological polar surface area (TPSA) is 63.3 Å². The van der Waals surface area contributed by atoms with Crippen LogP contribution < -0.4 is 5.73 Å². The largest absolute Gasteiger partial charge is 0.480 e. The second-order valence-electron chi connectivity index (χ2n) is 6.36. The van der Waals surface area contributed by atoms with E-state index in [0.717, 1.165) is 12.8 Å². The summed E-state index contributed by atoms with van der Waals surface area (Å²) >= 11 is 0. The molecule has 0 heterocycles. The third-order valence-electron chi connectivity index (χ3n) is 4.04. The summed E-state index contributed by atoms with van der Waals surface area (Å²) in [5, 5.41) is 8.89. The van der Waals surface area contributed by atoms with Gasteiger partial charge in [-0.15, -0.1) is 0 Å². The third-order valence-corrected chi connectivity index (χ3v) is 4.04. The van der Waals surface area contributed by atoms with Gasteiger partial charge in [-0.2, -0.15) is 0 Å². The molecule has 0 saturated carbocycles. The molecule has 1 atom stereocenters. The minimum Gasteiger partial charge on any atom is -0.480 e. The second kappa shape index (κ2) is 12.2. The van der Waals surface area contributed by atoms with Gasteiger partial charge in [0.2, 0.25) is 0 Å². The van der Waals surface area contributed by atoms with Crippen molar-refractivity contribution in [2.24, 2.45) is 5.73 Å². The van der Waals surface area contributed by atoms with E-state index in [1.54, 1.807) is 6.92 Å². The molecule has 0 aliphatic rings. The van der Waals surface area contributed by atoms with Gasteiger partial charge in [-0.3, -0.25) is 4.79 Å². The first-order valence-electron chi connectivity index (χ1n) is 8.53. The van der Waals surface area contributed by atoms with Crippen molar-refractivity contribution < 1.29 is 9.90 Å². The highest BCUT2D eigenvalue weighted by Crippen LogP contribution is 2.15. The molecule has 0 aliphatic carbocycles. The van der Waals surface area contributed by atoms with Crippen LogP contribution in [0.25, 0.3) is 0 Å². The first-order chi connectivity index (χ1) is 9.50. The zero-order valence-electron chi connectivity index (χ0n) is 13.6. The molecule has 0 saturated heterocycles. The molecule has 0 aliphatic heterocycles. The standard InChI is InChI=1S/C17H35NO2/c1-3-4-5-6-7-8-9-10-11-12-13-14-15-17(2,18)16(19)20/h3-15,18H2,1-2H3,(H,19,20)/t17-/m1/s1. The van der Waals surface area contributed by atoms with Gasteiger partial charge in [0.05, 0.1) is 0 Å². The van der Waals surface area contributed by atoms with E-state index in [4.69, 9.17) is 10.8 Å². The minimum absolute atomic E-state index is 0.583. The van der Waals surface area contributed by atoms with Crippen molar-refractivity contribution >= 4 is 5.97 Å². The van der Waals surface area contributed by atoms with Crippen LogP contribution in [0.4, 0.5) is 0 Å². The number of hydrogen-bond donors (Lipinski definition) is 2. The zero-order chi connectivity index (χ0) is 15.3. The lowest BCUT2D eigenvalue weighted by Crippen LogP contribution is -2.44. The Labute approximate surface area is 125 Å². The Kier molecular flexibility index (Phi) is 11.8. The Morgan fingerprint density at radius 2 is 1.20 bits per heavy atom. The van der Waals surface area contributed by atoms with Crippen LogP contribution in [0.1, 0.15) is 97.3 Å². The van der Waals surface area contributed by atoms with E-state index in [1.165, 1.54) is 64.2 Å². The minimum atomic E-state index is -1.04. The molecule has 0 spiro atoms. The lowest BCUT2D eigenvalue weighted by molar-refractivity contribution is -0.142.